The van der Waals surface area contributed by atoms with E-state index in [4.69, 9.17) is 21.1 Å². The molecule has 1 amide bonds. The minimum atomic E-state index is -0.180. The van der Waals surface area contributed by atoms with E-state index in [1.807, 2.05) is 51.1 Å². The Morgan fingerprint density at radius 3 is 2.54 bits per heavy atom. The zero-order valence-corrected chi connectivity index (χ0v) is 14.9. The smallest absolute Gasteiger partial charge is 0.258 e. The van der Waals surface area contributed by atoms with E-state index in [9.17, 15) is 4.79 Å². The Hall–Kier alpha value is -2.20. The van der Waals surface area contributed by atoms with Gasteiger partial charge in [0.05, 0.1) is 6.54 Å². The van der Waals surface area contributed by atoms with E-state index in [0.717, 1.165) is 22.4 Å². The number of rotatable bonds is 7. The number of hydrogen-bond donors (Lipinski definition) is 1. The van der Waals surface area contributed by atoms with Crippen LogP contribution in [0.2, 0.25) is 5.02 Å². The summed E-state index contributed by atoms with van der Waals surface area (Å²) in [4.78, 5) is 11.8. The van der Waals surface area contributed by atoms with Crippen LogP contribution in [0, 0.1) is 20.8 Å². The lowest BCUT2D eigenvalue weighted by Crippen LogP contribution is -2.32. The summed E-state index contributed by atoms with van der Waals surface area (Å²) in [5.74, 6) is 1.23. The second kappa shape index (κ2) is 8.60. The molecule has 0 saturated carbocycles. The normalized spacial score (nSPS) is 10.3. The molecule has 0 aromatic heterocycles. The molecular formula is C19H22ClNO3. The first kappa shape index (κ1) is 18.1. The maximum atomic E-state index is 11.8. The molecule has 0 spiro atoms. The fraction of sp³-hybridized carbons (Fsp3) is 0.316. The second-order valence-electron chi connectivity index (χ2n) is 5.67. The molecule has 5 heteroatoms. The van der Waals surface area contributed by atoms with Gasteiger partial charge in [-0.2, -0.15) is 0 Å². The lowest BCUT2D eigenvalue weighted by molar-refractivity contribution is -0.123. The molecule has 0 unspecified atom stereocenters. The number of ether oxygens (including phenoxy) is 2. The molecule has 0 atom stereocenters. The highest BCUT2D eigenvalue weighted by Crippen LogP contribution is 2.21. The van der Waals surface area contributed by atoms with Crippen molar-refractivity contribution in [2.45, 2.75) is 20.8 Å². The van der Waals surface area contributed by atoms with Crippen molar-refractivity contribution < 1.29 is 14.3 Å². The first-order chi connectivity index (χ1) is 11.5. The van der Waals surface area contributed by atoms with Gasteiger partial charge in [0.1, 0.15) is 18.1 Å². The second-order valence-corrected chi connectivity index (χ2v) is 6.07. The van der Waals surface area contributed by atoms with Gasteiger partial charge in [-0.05, 0) is 50.1 Å². The maximum Gasteiger partial charge on any atom is 0.258 e. The molecule has 2 aromatic carbocycles. The van der Waals surface area contributed by atoms with E-state index in [0.29, 0.717) is 23.9 Å². The third-order valence-corrected chi connectivity index (χ3v) is 3.93. The monoisotopic (exact) mass is 347 g/mol. The van der Waals surface area contributed by atoms with Gasteiger partial charge in [-0.3, -0.25) is 4.79 Å². The van der Waals surface area contributed by atoms with Crippen LogP contribution in [-0.4, -0.2) is 25.7 Å². The summed E-state index contributed by atoms with van der Waals surface area (Å²) < 4.78 is 11.1. The standard InChI is InChI=1S/C19H22ClNO3/c1-13-4-7-18(15(3)10-13)24-12-19(22)21-8-9-23-16-6-5-14(2)17(20)11-16/h4-7,10-11H,8-9,12H2,1-3H3,(H,21,22). The van der Waals surface area contributed by atoms with Crippen LogP contribution in [0.1, 0.15) is 16.7 Å². The highest BCUT2D eigenvalue weighted by molar-refractivity contribution is 6.31. The Bertz CT molecular complexity index is 716. The van der Waals surface area contributed by atoms with Gasteiger partial charge in [-0.1, -0.05) is 35.4 Å². The number of carbonyl (C=O) groups excluding carboxylic acids is 1. The molecule has 0 bridgehead atoms. The molecule has 1 N–H and O–H groups in total. The fourth-order valence-corrected chi connectivity index (χ4v) is 2.35. The maximum absolute atomic E-state index is 11.8. The van der Waals surface area contributed by atoms with Gasteiger partial charge in [0.25, 0.3) is 5.91 Å². The van der Waals surface area contributed by atoms with Crippen LogP contribution in [0.25, 0.3) is 0 Å². The number of nitrogens with one attached hydrogen (secondary N) is 1. The van der Waals surface area contributed by atoms with Crippen molar-refractivity contribution in [3.05, 3.63) is 58.1 Å². The lowest BCUT2D eigenvalue weighted by Gasteiger charge is -2.11. The van der Waals surface area contributed by atoms with E-state index >= 15 is 0 Å². The molecule has 0 aliphatic carbocycles. The quantitative estimate of drug-likeness (QED) is 0.774. The molecule has 0 heterocycles. The highest BCUT2D eigenvalue weighted by atomic mass is 35.5. The number of halogens is 1. The van der Waals surface area contributed by atoms with Gasteiger partial charge in [-0.25, -0.2) is 0 Å². The summed E-state index contributed by atoms with van der Waals surface area (Å²) >= 11 is 6.03. The summed E-state index contributed by atoms with van der Waals surface area (Å²) in [7, 11) is 0. The van der Waals surface area contributed by atoms with E-state index in [-0.39, 0.29) is 12.5 Å². The molecule has 24 heavy (non-hydrogen) atoms. The van der Waals surface area contributed by atoms with Gasteiger partial charge in [-0.15, -0.1) is 0 Å². The Labute approximate surface area is 147 Å². The average Bonchev–Trinajstić information content (AvgIpc) is 2.54. The third-order valence-electron chi connectivity index (χ3n) is 3.53. The lowest BCUT2D eigenvalue weighted by atomic mass is 10.1. The van der Waals surface area contributed by atoms with Crippen molar-refractivity contribution >= 4 is 17.5 Å². The van der Waals surface area contributed by atoms with Gasteiger partial charge in [0.2, 0.25) is 0 Å². The highest BCUT2D eigenvalue weighted by Gasteiger charge is 2.05. The topological polar surface area (TPSA) is 47.6 Å². The molecular weight excluding hydrogens is 326 g/mol. The molecule has 2 rings (SSSR count). The van der Waals surface area contributed by atoms with E-state index in [1.54, 1.807) is 6.07 Å². The van der Waals surface area contributed by atoms with Crippen LogP contribution in [0.4, 0.5) is 0 Å². The van der Waals surface area contributed by atoms with Crippen molar-refractivity contribution in [2.24, 2.45) is 0 Å². The first-order valence-corrected chi connectivity index (χ1v) is 8.19. The molecule has 0 saturated heterocycles. The molecule has 128 valence electrons. The van der Waals surface area contributed by atoms with E-state index in [1.165, 1.54) is 0 Å². The number of hydrogen-bond acceptors (Lipinski definition) is 3. The van der Waals surface area contributed by atoms with Gasteiger partial charge >= 0.3 is 0 Å². The Morgan fingerprint density at radius 1 is 1.04 bits per heavy atom. The molecule has 4 nitrogen and oxygen atoms in total. The number of amides is 1. The predicted octanol–water partition coefficient (Wildman–Crippen LogP) is 3.84. The van der Waals surface area contributed by atoms with Crippen LogP contribution in [-0.2, 0) is 4.79 Å². The average molecular weight is 348 g/mol. The summed E-state index contributed by atoms with van der Waals surface area (Å²) in [6, 6.07) is 11.4. The molecule has 0 fully saturated rings. The van der Waals surface area contributed by atoms with Crippen LogP contribution in [0.5, 0.6) is 11.5 Å². The zero-order chi connectivity index (χ0) is 17.5. The number of carbonyl (C=O) groups is 1. The minimum Gasteiger partial charge on any atom is -0.492 e. The predicted molar refractivity (Wildman–Crippen MR) is 96.1 cm³/mol. The van der Waals surface area contributed by atoms with Crippen molar-refractivity contribution in [2.75, 3.05) is 19.8 Å². The van der Waals surface area contributed by atoms with Crippen molar-refractivity contribution in [3.8, 4) is 11.5 Å². The van der Waals surface area contributed by atoms with Gasteiger partial charge in [0.15, 0.2) is 6.61 Å². The molecule has 0 aliphatic heterocycles. The third kappa shape index (κ3) is 5.46. The Balaban J connectivity index is 1.68. The largest absolute Gasteiger partial charge is 0.492 e. The van der Waals surface area contributed by atoms with Gasteiger partial charge < -0.3 is 14.8 Å². The SMILES string of the molecule is Cc1ccc(OCC(=O)NCCOc2ccc(C)c(Cl)c2)c(C)c1. The van der Waals surface area contributed by atoms with E-state index in [2.05, 4.69) is 5.32 Å². The number of benzene rings is 2. The van der Waals surface area contributed by atoms with E-state index < -0.39 is 0 Å². The summed E-state index contributed by atoms with van der Waals surface area (Å²) in [5, 5.41) is 3.42. The van der Waals surface area contributed by atoms with Crippen LogP contribution < -0.4 is 14.8 Å². The van der Waals surface area contributed by atoms with Crippen LogP contribution in [0.15, 0.2) is 36.4 Å². The minimum absolute atomic E-state index is 0.0136. The van der Waals surface area contributed by atoms with Crippen molar-refractivity contribution in [1.82, 2.24) is 5.32 Å². The molecule has 0 radical (unpaired) electrons. The van der Waals surface area contributed by atoms with Crippen molar-refractivity contribution in [3.63, 3.8) is 0 Å². The Morgan fingerprint density at radius 2 is 1.83 bits per heavy atom. The molecule has 2 aromatic rings. The van der Waals surface area contributed by atoms with Gasteiger partial charge in [0, 0.05) is 5.02 Å². The number of aryl methyl sites for hydroxylation is 3. The summed E-state index contributed by atoms with van der Waals surface area (Å²) in [5.41, 5.74) is 3.18. The zero-order valence-electron chi connectivity index (χ0n) is 14.2. The van der Waals surface area contributed by atoms with Crippen LogP contribution in [0.3, 0.4) is 0 Å². The first-order valence-electron chi connectivity index (χ1n) is 7.81. The summed E-state index contributed by atoms with van der Waals surface area (Å²) in [6.07, 6.45) is 0. The van der Waals surface area contributed by atoms with Crippen LogP contribution >= 0.6 is 11.6 Å². The van der Waals surface area contributed by atoms with Crippen molar-refractivity contribution in [1.29, 1.82) is 0 Å². The Kier molecular flexibility index (Phi) is 6.50. The molecule has 0 aliphatic rings. The fourth-order valence-electron chi connectivity index (χ4n) is 2.18. The summed E-state index contributed by atoms with van der Waals surface area (Å²) in [6.45, 7) is 6.67.